The van der Waals surface area contributed by atoms with Crippen molar-refractivity contribution in [2.45, 2.75) is 5.72 Å². The first kappa shape index (κ1) is 18.3. The van der Waals surface area contributed by atoms with E-state index in [1.807, 2.05) is 30.3 Å². The van der Waals surface area contributed by atoms with Crippen LogP contribution in [0.5, 0.6) is 0 Å². The highest BCUT2D eigenvalue weighted by Gasteiger charge is 2.39. The average molecular weight is 357 g/mol. The summed E-state index contributed by atoms with van der Waals surface area (Å²) < 4.78 is 0. The summed E-state index contributed by atoms with van der Waals surface area (Å²) in [6.45, 7) is 0. The van der Waals surface area contributed by atoms with E-state index in [1.54, 1.807) is 66.7 Å². The van der Waals surface area contributed by atoms with Crippen LogP contribution in [-0.4, -0.2) is 16.8 Å². The summed E-state index contributed by atoms with van der Waals surface area (Å²) in [6.07, 6.45) is 2.91. The number of ketones is 1. The van der Waals surface area contributed by atoms with Gasteiger partial charge < -0.3 is 10.4 Å². The summed E-state index contributed by atoms with van der Waals surface area (Å²) in [7, 11) is 0. The number of carbonyl (C=O) groups excluding carboxylic acids is 2. The van der Waals surface area contributed by atoms with E-state index in [0.717, 1.165) is 5.56 Å². The van der Waals surface area contributed by atoms with Crippen molar-refractivity contribution in [2.75, 3.05) is 0 Å². The zero-order valence-electron chi connectivity index (χ0n) is 14.6. The van der Waals surface area contributed by atoms with E-state index in [1.165, 1.54) is 6.08 Å². The molecule has 0 fully saturated rings. The first-order valence-electron chi connectivity index (χ1n) is 8.52. The summed E-state index contributed by atoms with van der Waals surface area (Å²) in [6, 6.07) is 26.0. The number of benzene rings is 3. The fourth-order valence-corrected chi connectivity index (χ4v) is 2.69. The van der Waals surface area contributed by atoms with Crippen LogP contribution >= 0.6 is 0 Å². The van der Waals surface area contributed by atoms with Crippen LogP contribution in [0, 0.1) is 0 Å². The molecule has 0 saturated carbocycles. The predicted octanol–water partition coefficient (Wildman–Crippen LogP) is 3.54. The molecule has 1 atom stereocenters. The minimum atomic E-state index is -2.17. The minimum absolute atomic E-state index is 0.292. The Balaban J connectivity index is 1.90. The number of Topliss-reactive ketones (excluding diaryl/α,β-unsaturated/α-hetero) is 1. The molecule has 1 amide bonds. The normalized spacial score (nSPS) is 13.1. The highest BCUT2D eigenvalue weighted by atomic mass is 16.3. The highest BCUT2D eigenvalue weighted by Crippen LogP contribution is 2.23. The van der Waals surface area contributed by atoms with Gasteiger partial charge >= 0.3 is 0 Å². The van der Waals surface area contributed by atoms with E-state index in [2.05, 4.69) is 5.32 Å². The lowest BCUT2D eigenvalue weighted by Gasteiger charge is -2.27. The number of aliphatic hydroxyl groups is 1. The van der Waals surface area contributed by atoms with Gasteiger partial charge in [-0.1, -0.05) is 91.0 Å². The lowest BCUT2D eigenvalue weighted by atomic mass is 9.93. The van der Waals surface area contributed by atoms with E-state index in [0.29, 0.717) is 11.1 Å². The standard InChI is InChI=1S/C23H19NO3/c25-21(17-16-18-10-4-1-5-11-18)24-23(27,20-14-8-3-9-15-20)22(26)19-12-6-2-7-13-19/h1-17,27H,(H,24,25)/b17-16+. The molecule has 0 bridgehead atoms. The van der Waals surface area contributed by atoms with Crippen LogP contribution in [0.25, 0.3) is 6.08 Å². The monoisotopic (exact) mass is 357 g/mol. The molecule has 4 heteroatoms. The molecule has 4 nitrogen and oxygen atoms in total. The van der Waals surface area contributed by atoms with Crippen LogP contribution in [0.4, 0.5) is 0 Å². The molecule has 0 radical (unpaired) electrons. The molecule has 2 N–H and O–H groups in total. The maximum atomic E-state index is 13.0. The number of rotatable bonds is 6. The Bertz CT molecular complexity index is 937. The van der Waals surface area contributed by atoms with Crippen LogP contribution in [0.1, 0.15) is 21.5 Å². The lowest BCUT2D eigenvalue weighted by Crippen LogP contribution is -2.51. The van der Waals surface area contributed by atoms with Crippen molar-refractivity contribution < 1.29 is 14.7 Å². The number of hydrogen-bond donors (Lipinski definition) is 2. The number of amides is 1. The Morgan fingerprint density at radius 2 is 1.30 bits per heavy atom. The van der Waals surface area contributed by atoms with E-state index in [-0.39, 0.29) is 0 Å². The smallest absolute Gasteiger partial charge is 0.246 e. The maximum Gasteiger partial charge on any atom is 0.246 e. The van der Waals surface area contributed by atoms with Crippen molar-refractivity contribution >= 4 is 17.8 Å². The summed E-state index contributed by atoms with van der Waals surface area (Å²) in [5, 5.41) is 13.6. The predicted molar refractivity (Wildman–Crippen MR) is 105 cm³/mol. The zero-order chi connectivity index (χ0) is 19.1. The van der Waals surface area contributed by atoms with Gasteiger partial charge in [-0.05, 0) is 11.6 Å². The van der Waals surface area contributed by atoms with Gasteiger partial charge in [-0.2, -0.15) is 0 Å². The molecule has 3 aromatic carbocycles. The van der Waals surface area contributed by atoms with Crippen LogP contribution in [0.2, 0.25) is 0 Å². The third kappa shape index (κ3) is 4.37. The SMILES string of the molecule is O=C(/C=C/c1ccccc1)NC(O)(C(=O)c1ccccc1)c1ccccc1. The highest BCUT2D eigenvalue weighted by molar-refractivity contribution is 6.05. The Morgan fingerprint density at radius 1 is 0.778 bits per heavy atom. The van der Waals surface area contributed by atoms with Gasteiger partial charge in [0.2, 0.25) is 17.4 Å². The van der Waals surface area contributed by atoms with Gasteiger partial charge in [0.25, 0.3) is 0 Å². The number of nitrogens with one attached hydrogen (secondary N) is 1. The largest absolute Gasteiger partial charge is 0.361 e. The molecule has 0 aliphatic heterocycles. The molecular weight excluding hydrogens is 338 g/mol. The molecule has 3 aromatic rings. The second-order valence-corrected chi connectivity index (χ2v) is 6.00. The molecule has 0 heterocycles. The topological polar surface area (TPSA) is 66.4 Å². The van der Waals surface area contributed by atoms with Crippen LogP contribution < -0.4 is 5.32 Å². The molecule has 0 aliphatic rings. The maximum absolute atomic E-state index is 13.0. The zero-order valence-corrected chi connectivity index (χ0v) is 14.6. The van der Waals surface area contributed by atoms with Gasteiger partial charge in [0.15, 0.2) is 0 Å². The van der Waals surface area contributed by atoms with E-state index in [4.69, 9.17) is 0 Å². The Morgan fingerprint density at radius 3 is 1.89 bits per heavy atom. The molecule has 27 heavy (non-hydrogen) atoms. The van der Waals surface area contributed by atoms with Crippen LogP contribution in [-0.2, 0) is 10.5 Å². The van der Waals surface area contributed by atoms with Crippen molar-refractivity contribution in [3.63, 3.8) is 0 Å². The molecule has 3 rings (SSSR count). The van der Waals surface area contributed by atoms with E-state index >= 15 is 0 Å². The third-order valence-electron chi connectivity index (χ3n) is 4.09. The second-order valence-electron chi connectivity index (χ2n) is 6.00. The van der Waals surface area contributed by atoms with Crippen molar-refractivity contribution in [2.24, 2.45) is 0 Å². The number of hydrogen-bond acceptors (Lipinski definition) is 3. The van der Waals surface area contributed by atoms with Gasteiger partial charge in [0.05, 0.1) is 0 Å². The van der Waals surface area contributed by atoms with Gasteiger partial charge in [0.1, 0.15) is 0 Å². The second kappa shape index (κ2) is 8.25. The average Bonchev–Trinajstić information content (AvgIpc) is 2.73. The molecule has 0 aromatic heterocycles. The quantitative estimate of drug-likeness (QED) is 0.403. The third-order valence-corrected chi connectivity index (χ3v) is 4.09. The minimum Gasteiger partial charge on any atom is -0.361 e. The van der Waals surface area contributed by atoms with Crippen LogP contribution in [0.3, 0.4) is 0 Å². The van der Waals surface area contributed by atoms with Gasteiger partial charge in [-0.3, -0.25) is 9.59 Å². The fraction of sp³-hybridized carbons (Fsp3) is 0.0435. The molecule has 0 saturated heterocycles. The summed E-state index contributed by atoms with van der Waals surface area (Å²) >= 11 is 0. The Labute approximate surface area is 157 Å². The molecule has 134 valence electrons. The van der Waals surface area contributed by atoms with E-state index < -0.39 is 17.4 Å². The Hall–Kier alpha value is -3.50. The molecule has 0 spiro atoms. The van der Waals surface area contributed by atoms with Gasteiger partial charge in [-0.15, -0.1) is 0 Å². The number of carbonyl (C=O) groups is 2. The first-order chi connectivity index (χ1) is 13.1. The van der Waals surface area contributed by atoms with Crippen molar-refractivity contribution in [3.8, 4) is 0 Å². The molecule has 1 unspecified atom stereocenters. The summed E-state index contributed by atoms with van der Waals surface area (Å²) in [5.74, 6) is -1.18. The summed E-state index contributed by atoms with van der Waals surface area (Å²) in [4.78, 5) is 25.4. The lowest BCUT2D eigenvalue weighted by molar-refractivity contribution is -0.122. The van der Waals surface area contributed by atoms with E-state index in [9.17, 15) is 14.7 Å². The van der Waals surface area contributed by atoms with Crippen molar-refractivity contribution in [1.29, 1.82) is 0 Å². The van der Waals surface area contributed by atoms with Gasteiger partial charge in [-0.25, -0.2) is 0 Å². The molecular formula is C23H19NO3. The van der Waals surface area contributed by atoms with Gasteiger partial charge in [0, 0.05) is 17.2 Å². The molecule has 0 aliphatic carbocycles. The fourth-order valence-electron chi connectivity index (χ4n) is 2.69. The Kier molecular flexibility index (Phi) is 5.59. The van der Waals surface area contributed by atoms with Crippen molar-refractivity contribution in [3.05, 3.63) is 114 Å². The van der Waals surface area contributed by atoms with Crippen molar-refractivity contribution in [1.82, 2.24) is 5.32 Å². The first-order valence-corrected chi connectivity index (χ1v) is 8.52. The van der Waals surface area contributed by atoms with Crippen LogP contribution in [0.15, 0.2) is 97.1 Å². The summed E-state index contributed by atoms with van der Waals surface area (Å²) in [5.41, 5.74) is -0.734.